The van der Waals surface area contributed by atoms with Gasteiger partial charge in [-0.25, -0.2) is 12.8 Å². The summed E-state index contributed by atoms with van der Waals surface area (Å²) in [5, 5.41) is 8.81. The maximum atomic E-state index is 13.6. The highest BCUT2D eigenvalue weighted by Crippen LogP contribution is 2.19. The van der Waals surface area contributed by atoms with Crippen molar-refractivity contribution in [3.63, 3.8) is 0 Å². The van der Waals surface area contributed by atoms with E-state index in [4.69, 9.17) is 5.11 Å². The number of hydrogen-bond donors (Lipinski definition) is 1. The van der Waals surface area contributed by atoms with Gasteiger partial charge in [0, 0.05) is 13.6 Å². The van der Waals surface area contributed by atoms with Crippen LogP contribution in [0.5, 0.6) is 0 Å². The van der Waals surface area contributed by atoms with Crippen molar-refractivity contribution in [2.75, 3.05) is 13.6 Å². The molecule has 0 saturated carbocycles. The van der Waals surface area contributed by atoms with E-state index >= 15 is 0 Å². The first-order valence-corrected chi connectivity index (χ1v) is 6.34. The number of aliphatic hydroxyl groups is 1. The van der Waals surface area contributed by atoms with Crippen molar-refractivity contribution >= 4 is 10.0 Å². The molecule has 1 aromatic carbocycles. The molecule has 1 rings (SSSR count). The molecule has 94 valence electrons. The van der Waals surface area contributed by atoms with Crippen LogP contribution in [-0.4, -0.2) is 31.4 Å². The Morgan fingerprint density at radius 3 is 2.65 bits per heavy atom. The molecule has 0 bridgehead atoms. The van der Waals surface area contributed by atoms with E-state index in [0.717, 1.165) is 16.4 Å². The Hall–Kier alpha value is -1.24. The van der Waals surface area contributed by atoms with Crippen LogP contribution in [0.1, 0.15) is 5.56 Å². The van der Waals surface area contributed by atoms with Crippen LogP contribution in [0.15, 0.2) is 35.7 Å². The Kier molecular flexibility index (Phi) is 4.39. The molecule has 0 unspecified atom stereocenters. The highest BCUT2D eigenvalue weighted by molar-refractivity contribution is 7.89. The van der Waals surface area contributed by atoms with Gasteiger partial charge in [0.15, 0.2) is 0 Å². The summed E-state index contributed by atoms with van der Waals surface area (Å²) in [4.78, 5) is -0.404. The van der Waals surface area contributed by atoms with Crippen LogP contribution in [0.2, 0.25) is 0 Å². The second kappa shape index (κ2) is 5.39. The molecule has 0 aromatic heterocycles. The van der Waals surface area contributed by atoms with E-state index in [2.05, 4.69) is 6.58 Å². The van der Waals surface area contributed by atoms with Crippen LogP contribution in [0.3, 0.4) is 0 Å². The van der Waals surface area contributed by atoms with Crippen molar-refractivity contribution in [2.24, 2.45) is 0 Å². The zero-order valence-electron chi connectivity index (χ0n) is 9.43. The summed E-state index contributed by atoms with van der Waals surface area (Å²) in [5.41, 5.74) is 0.327. The molecule has 0 aliphatic carbocycles. The Morgan fingerprint density at radius 1 is 1.53 bits per heavy atom. The lowest BCUT2D eigenvalue weighted by atomic mass is 10.2. The Labute approximate surface area is 100 Å². The highest BCUT2D eigenvalue weighted by Gasteiger charge is 2.23. The van der Waals surface area contributed by atoms with E-state index in [-0.39, 0.29) is 13.2 Å². The Bertz CT molecular complexity index is 513. The van der Waals surface area contributed by atoms with E-state index in [1.165, 1.54) is 19.2 Å². The fourth-order valence-electron chi connectivity index (χ4n) is 1.30. The van der Waals surface area contributed by atoms with E-state index in [0.29, 0.717) is 5.56 Å². The number of halogens is 1. The van der Waals surface area contributed by atoms with Crippen molar-refractivity contribution in [1.82, 2.24) is 4.31 Å². The first-order valence-electron chi connectivity index (χ1n) is 4.90. The van der Waals surface area contributed by atoms with E-state index < -0.39 is 20.7 Å². The fraction of sp³-hybridized carbons (Fsp3) is 0.273. The summed E-state index contributed by atoms with van der Waals surface area (Å²) in [6.45, 7) is 3.19. The Balaban J connectivity index is 3.20. The number of nitrogens with zero attached hydrogens (tertiary/aromatic N) is 1. The molecule has 6 heteroatoms. The largest absolute Gasteiger partial charge is 0.392 e. The lowest BCUT2D eigenvalue weighted by Crippen LogP contribution is -2.27. The number of rotatable bonds is 5. The van der Waals surface area contributed by atoms with Crippen molar-refractivity contribution < 1.29 is 17.9 Å². The van der Waals surface area contributed by atoms with E-state index in [9.17, 15) is 12.8 Å². The van der Waals surface area contributed by atoms with Gasteiger partial charge in [-0.15, -0.1) is 6.58 Å². The van der Waals surface area contributed by atoms with Gasteiger partial charge in [0.25, 0.3) is 0 Å². The third kappa shape index (κ3) is 2.91. The van der Waals surface area contributed by atoms with Crippen LogP contribution in [0.25, 0.3) is 0 Å². The van der Waals surface area contributed by atoms with Crippen LogP contribution in [-0.2, 0) is 16.6 Å². The molecule has 0 atom stereocenters. The number of aliphatic hydroxyl groups excluding tert-OH is 1. The first-order chi connectivity index (χ1) is 7.93. The summed E-state index contributed by atoms with van der Waals surface area (Å²) in [7, 11) is -2.51. The number of benzene rings is 1. The number of likely N-dealkylation sites (N-methyl/N-ethyl adjacent to an activating group) is 1. The topological polar surface area (TPSA) is 57.6 Å². The molecule has 0 spiro atoms. The second-order valence-corrected chi connectivity index (χ2v) is 5.51. The summed E-state index contributed by atoms with van der Waals surface area (Å²) >= 11 is 0. The fourth-order valence-corrected chi connectivity index (χ4v) is 2.48. The van der Waals surface area contributed by atoms with Crippen LogP contribution >= 0.6 is 0 Å². The molecule has 1 aromatic rings. The predicted octanol–water partition coefficient (Wildman–Crippen LogP) is 1.12. The standard InChI is InChI=1S/C11H14FNO3S/c1-3-6-13(2)17(15,16)11-5-4-9(8-14)7-10(11)12/h3-5,7,14H,1,6,8H2,2H3. The van der Waals surface area contributed by atoms with Crippen molar-refractivity contribution in [2.45, 2.75) is 11.5 Å². The minimum absolute atomic E-state index is 0.101. The normalized spacial score (nSPS) is 11.8. The third-order valence-electron chi connectivity index (χ3n) is 2.25. The molecule has 0 aliphatic heterocycles. The van der Waals surface area contributed by atoms with Gasteiger partial charge in [-0.2, -0.15) is 4.31 Å². The monoisotopic (exact) mass is 259 g/mol. The summed E-state index contributed by atoms with van der Waals surface area (Å²) in [5.74, 6) is -0.868. The van der Waals surface area contributed by atoms with Gasteiger partial charge >= 0.3 is 0 Å². The zero-order chi connectivity index (χ0) is 13.1. The molecular weight excluding hydrogens is 245 g/mol. The first kappa shape index (κ1) is 13.8. The van der Waals surface area contributed by atoms with Crippen molar-refractivity contribution in [3.8, 4) is 0 Å². The molecule has 0 radical (unpaired) electrons. The molecule has 0 fully saturated rings. The van der Waals surface area contributed by atoms with Gasteiger partial charge in [-0.3, -0.25) is 0 Å². The summed E-state index contributed by atoms with van der Waals surface area (Å²) < 4.78 is 38.4. The van der Waals surface area contributed by atoms with Gasteiger partial charge in [-0.1, -0.05) is 12.1 Å². The molecule has 0 heterocycles. The average Bonchev–Trinajstić information content (AvgIpc) is 2.28. The van der Waals surface area contributed by atoms with Gasteiger partial charge in [0.05, 0.1) is 6.61 Å². The van der Waals surface area contributed by atoms with Gasteiger partial charge in [-0.05, 0) is 17.7 Å². The lowest BCUT2D eigenvalue weighted by molar-refractivity contribution is 0.281. The average molecular weight is 259 g/mol. The molecule has 0 saturated heterocycles. The zero-order valence-corrected chi connectivity index (χ0v) is 10.2. The van der Waals surface area contributed by atoms with Crippen molar-refractivity contribution in [1.29, 1.82) is 0 Å². The van der Waals surface area contributed by atoms with Crippen LogP contribution < -0.4 is 0 Å². The smallest absolute Gasteiger partial charge is 0.246 e. The minimum Gasteiger partial charge on any atom is -0.392 e. The maximum absolute atomic E-state index is 13.6. The molecule has 0 aliphatic rings. The highest BCUT2D eigenvalue weighted by atomic mass is 32.2. The second-order valence-electron chi connectivity index (χ2n) is 3.50. The molecular formula is C11H14FNO3S. The SMILES string of the molecule is C=CCN(C)S(=O)(=O)c1ccc(CO)cc1F. The Morgan fingerprint density at radius 2 is 2.18 bits per heavy atom. The van der Waals surface area contributed by atoms with Gasteiger partial charge < -0.3 is 5.11 Å². The molecule has 17 heavy (non-hydrogen) atoms. The molecule has 0 amide bonds. The quantitative estimate of drug-likeness (QED) is 0.806. The predicted molar refractivity (Wildman–Crippen MR) is 62.3 cm³/mol. The van der Waals surface area contributed by atoms with Crippen LogP contribution in [0, 0.1) is 5.82 Å². The van der Waals surface area contributed by atoms with E-state index in [1.54, 1.807) is 0 Å². The summed E-state index contributed by atoms with van der Waals surface area (Å²) in [6.07, 6.45) is 1.41. The third-order valence-corrected chi connectivity index (χ3v) is 4.11. The minimum atomic E-state index is -3.85. The number of hydrogen-bond acceptors (Lipinski definition) is 3. The van der Waals surface area contributed by atoms with Crippen LogP contribution in [0.4, 0.5) is 4.39 Å². The van der Waals surface area contributed by atoms with Gasteiger partial charge in [0.2, 0.25) is 10.0 Å². The lowest BCUT2D eigenvalue weighted by Gasteiger charge is -2.15. The molecule has 1 N–H and O–H groups in total. The summed E-state index contributed by atoms with van der Waals surface area (Å²) in [6, 6.07) is 3.53. The van der Waals surface area contributed by atoms with Crippen molar-refractivity contribution in [3.05, 3.63) is 42.2 Å². The number of sulfonamides is 1. The van der Waals surface area contributed by atoms with E-state index in [1.807, 2.05) is 0 Å². The van der Waals surface area contributed by atoms with Gasteiger partial charge in [0.1, 0.15) is 10.7 Å². The molecule has 4 nitrogen and oxygen atoms in total. The maximum Gasteiger partial charge on any atom is 0.246 e.